The number of ether oxygens (including phenoxy) is 3. The van der Waals surface area contributed by atoms with Gasteiger partial charge in [-0.05, 0) is 41.1 Å². The van der Waals surface area contributed by atoms with E-state index in [1.807, 2.05) is 54.6 Å². The van der Waals surface area contributed by atoms with Gasteiger partial charge < -0.3 is 14.2 Å². The molecule has 0 radical (unpaired) electrons. The van der Waals surface area contributed by atoms with Crippen LogP contribution < -0.4 is 9.47 Å². The van der Waals surface area contributed by atoms with Crippen molar-refractivity contribution < 1.29 is 19.0 Å². The maximum Gasteiger partial charge on any atom is 0.341 e. The van der Waals surface area contributed by atoms with Crippen LogP contribution >= 0.6 is 0 Å². The fraction of sp³-hybridized carbons (Fsp3) is 0.190. The number of methoxy groups -OCH3 is 3. The van der Waals surface area contributed by atoms with Gasteiger partial charge in [0.05, 0.1) is 21.3 Å². The van der Waals surface area contributed by atoms with Crippen LogP contribution in [0.3, 0.4) is 0 Å². The van der Waals surface area contributed by atoms with Gasteiger partial charge in [-0.15, -0.1) is 0 Å². The van der Waals surface area contributed by atoms with Crippen molar-refractivity contribution in [1.29, 1.82) is 0 Å². The summed E-state index contributed by atoms with van der Waals surface area (Å²) >= 11 is 0. The first kappa shape index (κ1) is 16.8. The van der Waals surface area contributed by atoms with E-state index in [1.165, 1.54) is 7.11 Å². The molecule has 0 aromatic heterocycles. The second-order valence-electron chi connectivity index (χ2n) is 5.68. The summed E-state index contributed by atoms with van der Waals surface area (Å²) in [5.74, 6) is 0.957. The van der Waals surface area contributed by atoms with Gasteiger partial charge in [-0.3, -0.25) is 0 Å². The van der Waals surface area contributed by atoms with Crippen LogP contribution in [-0.2, 0) is 11.2 Å². The number of hydrogen-bond donors (Lipinski definition) is 0. The van der Waals surface area contributed by atoms with Crippen molar-refractivity contribution in [1.82, 2.24) is 0 Å². The molecule has 0 fully saturated rings. The Morgan fingerprint density at radius 2 is 1.56 bits per heavy atom. The van der Waals surface area contributed by atoms with Gasteiger partial charge in [-0.2, -0.15) is 0 Å². The third-order valence-electron chi connectivity index (χ3n) is 4.24. The highest BCUT2D eigenvalue weighted by Gasteiger charge is 2.18. The molecule has 3 aromatic carbocycles. The number of benzene rings is 3. The average molecular weight is 336 g/mol. The summed E-state index contributed by atoms with van der Waals surface area (Å²) in [7, 11) is 4.59. The van der Waals surface area contributed by atoms with Crippen LogP contribution in [0.5, 0.6) is 11.5 Å². The quantitative estimate of drug-likeness (QED) is 0.654. The first-order valence-corrected chi connectivity index (χ1v) is 7.97. The molecule has 0 bridgehead atoms. The van der Waals surface area contributed by atoms with Gasteiger partial charge in [-0.1, -0.05) is 36.4 Å². The van der Waals surface area contributed by atoms with E-state index in [9.17, 15) is 4.79 Å². The van der Waals surface area contributed by atoms with Gasteiger partial charge in [0.25, 0.3) is 0 Å². The Labute approximate surface area is 146 Å². The molecule has 3 aromatic rings. The predicted octanol–water partition coefficient (Wildman–Crippen LogP) is 4.23. The van der Waals surface area contributed by atoms with Crippen LogP contribution in [0.25, 0.3) is 10.8 Å². The summed E-state index contributed by atoms with van der Waals surface area (Å²) in [5.41, 5.74) is 2.61. The Morgan fingerprint density at radius 3 is 2.16 bits per heavy atom. The number of hydrogen-bond acceptors (Lipinski definition) is 4. The molecular formula is C21H20O4. The normalized spacial score (nSPS) is 10.5. The summed E-state index contributed by atoms with van der Waals surface area (Å²) in [6.07, 6.45) is 0.693. The van der Waals surface area contributed by atoms with E-state index in [2.05, 4.69) is 0 Å². The minimum Gasteiger partial charge on any atom is -0.497 e. The van der Waals surface area contributed by atoms with Crippen LogP contribution in [0.15, 0.2) is 54.6 Å². The van der Waals surface area contributed by atoms with Crippen LogP contribution in [0.2, 0.25) is 0 Å². The first-order valence-electron chi connectivity index (χ1n) is 7.97. The topological polar surface area (TPSA) is 44.8 Å². The van der Waals surface area contributed by atoms with Gasteiger partial charge in [0.15, 0.2) is 0 Å². The summed E-state index contributed by atoms with van der Waals surface area (Å²) in [6, 6.07) is 17.7. The lowest BCUT2D eigenvalue weighted by Gasteiger charge is -2.15. The molecule has 0 N–H and O–H groups in total. The minimum atomic E-state index is -0.404. The fourth-order valence-corrected chi connectivity index (χ4v) is 3.01. The molecule has 4 heteroatoms. The molecule has 0 spiro atoms. The summed E-state index contributed by atoms with van der Waals surface area (Å²) in [5, 5.41) is 1.96. The Kier molecular flexibility index (Phi) is 4.89. The average Bonchev–Trinajstić information content (AvgIpc) is 2.67. The second kappa shape index (κ2) is 7.26. The second-order valence-corrected chi connectivity index (χ2v) is 5.68. The molecule has 25 heavy (non-hydrogen) atoms. The number of carbonyl (C=O) groups excluding carboxylic acids is 1. The summed E-state index contributed by atoms with van der Waals surface area (Å²) < 4.78 is 15.6. The van der Waals surface area contributed by atoms with Crippen LogP contribution in [0, 0.1) is 0 Å². The standard InChI is InChI=1S/C21H20O4/c1-23-16-10-8-14(9-11-16)12-15-13-19(21(22)25-3)20(24-2)18-7-5-4-6-17(15)18/h4-11,13H,12H2,1-3H3. The van der Waals surface area contributed by atoms with Crippen molar-refractivity contribution in [2.45, 2.75) is 6.42 Å². The van der Waals surface area contributed by atoms with Crippen molar-refractivity contribution in [2.24, 2.45) is 0 Å². The maximum absolute atomic E-state index is 12.2. The van der Waals surface area contributed by atoms with Crippen molar-refractivity contribution in [3.63, 3.8) is 0 Å². The molecule has 0 amide bonds. The first-order chi connectivity index (χ1) is 12.2. The summed E-state index contributed by atoms with van der Waals surface area (Å²) in [6.45, 7) is 0. The molecule has 0 atom stereocenters. The lowest BCUT2D eigenvalue weighted by Crippen LogP contribution is -2.06. The minimum absolute atomic E-state index is 0.404. The lowest BCUT2D eigenvalue weighted by atomic mass is 9.95. The molecule has 0 aliphatic heterocycles. The van der Waals surface area contributed by atoms with Crippen molar-refractivity contribution in [3.8, 4) is 11.5 Å². The van der Waals surface area contributed by atoms with Crippen molar-refractivity contribution in [2.75, 3.05) is 21.3 Å². The zero-order valence-corrected chi connectivity index (χ0v) is 14.5. The lowest BCUT2D eigenvalue weighted by molar-refractivity contribution is 0.0597. The highest BCUT2D eigenvalue weighted by Crippen LogP contribution is 2.34. The fourth-order valence-electron chi connectivity index (χ4n) is 3.01. The predicted molar refractivity (Wildman–Crippen MR) is 97.6 cm³/mol. The molecule has 4 nitrogen and oxygen atoms in total. The van der Waals surface area contributed by atoms with Gasteiger partial charge in [0.2, 0.25) is 0 Å². The van der Waals surface area contributed by atoms with Crippen LogP contribution in [0.1, 0.15) is 21.5 Å². The largest absolute Gasteiger partial charge is 0.497 e. The number of carbonyl (C=O) groups is 1. The van der Waals surface area contributed by atoms with E-state index >= 15 is 0 Å². The molecule has 3 rings (SSSR count). The van der Waals surface area contributed by atoms with Crippen molar-refractivity contribution >= 4 is 16.7 Å². The van der Waals surface area contributed by atoms with Gasteiger partial charge in [-0.25, -0.2) is 4.79 Å². The third-order valence-corrected chi connectivity index (χ3v) is 4.24. The Balaban J connectivity index is 2.14. The molecule has 0 saturated carbocycles. The number of fused-ring (bicyclic) bond motifs is 1. The number of esters is 1. The zero-order valence-electron chi connectivity index (χ0n) is 14.5. The van der Waals surface area contributed by atoms with Crippen LogP contribution in [-0.4, -0.2) is 27.3 Å². The Hall–Kier alpha value is -3.01. The van der Waals surface area contributed by atoms with E-state index in [-0.39, 0.29) is 0 Å². The van der Waals surface area contributed by atoms with E-state index in [0.717, 1.165) is 27.6 Å². The Bertz CT molecular complexity index is 898. The van der Waals surface area contributed by atoms with Crippen LogP contribution in [0.4, 0.5) is 0 Å². The van der Waals surface area contributed by atoms with E-state index < -0.39 is 5.97 Å². The molecule has 0 unspecified atom stereocenters. The molecule has 0 aliphatic carbocycles. The number of rotatable bonds is 5. The monoisotopic (exact) mass is 336 g/mol. The van der Waals surface area contributed by atoms with Gasteiger partial charge in [0, 0.05) is 5.39 Å². The van der Waals surface area contributed by atoms with E-state index in [1.54, 1.807) is 14.2 Å². The van der Waals surface area contributed by atoms with E-state index in [0.29, 0.717) is 17.7 Å². The third kappa shape index (κ3) is 3.29. The highest BCUT2D eigenvalue weighted by atomic mass is 16.5. The zero-order chi connectivity index (χ0) is 17.8. The molecular weight excluding hydrogens is 316 g/mol. The van der Waals surface area contributed by atoms with Gasteiger partial charge in [0.1, 0.15) is 17.1 Å². The molecule has 128 valence electrons. The molecule has 0 heterocycles. The maximum atomic E-state index is 12.2. The van der Waals surface area contributed by atoms with E-state index in [4.69, 9.17) is 14.2 Å². The highest BCUT2D eigenvalue weighted by molar-refractivity contribution is 6.02. The van der Waals surface area contributed by atoms with Gasteiger partial charge >= 0.3 is 5.97 Å². The molecule has 0 saturated heterocycles. The van der Waals surface area contributed by atoms with Crippen molar-refractivity contribution in [3.05, 3.63) is 71.3 Å². The smallest absolute Gasteiger partial charge is 0.341 e. The molecule has 0 aliphatic rings. The summed E-state index contributed by atoms with van der Waals surface area (Å²) in [4.78, 5) is 12.2. The SMILES string of the molecule is COC(=O)c1cc(Cc2ccc(OC)cc2)c2ccccc2c1OC. The Morgan fingerprint density at radius 1 is 0.880 bits per heavy atom.